The molecule has 0 unspecified atom stereocenters. The highest BCUT2D eigenvalue weighted by Crippen LogP contribution is 2.48. The number of benzene rings is 2. The van der Waals surface area contributed by atoms with E-state index in [0.717, 1.165) is 39.8 Å². The van der Waals surface area contributed by atoms with Crippen molar-refractivity contribution >= 4 is 17.0 Å². The van der Waals surface area contributed by atoms with Gasteiger partial charge in [0, 0.05) is 17.5 Å². The average Bonchev–Trinajstić information content (AvgIpc) is 3.43. The van der Waals surface area contributed by atoms with Crippen molar-refractivity contribution < 1.29 is 14.2 Å². The van der Waals surface area contributed by atoms with Crippen molar-refractivity contribution in [3.63, 3.8) is 0 Å². The predicted molar refractivity (Wildman–Crippen MR) is 107 cm³/mol. The molecule has 2 atom stereocenters. The van der Waals surface area contributed by atoms with Gasteiger partial charge in [-0.25, -0.2) is 5.01 Å². The van der Waals surface area contributed by atoms with Crippen LogP contribution in [0, 0.1) is 0 Å². The third-order valence-electron chi connectivity index (χ3n) is 5.36. The molecule has 0 saturated carbocycles. The van der Waals surface area contributed by atoms with Crippen molar-refractivity contribution in [3.05, 3.63) is 76.0 Å². The predicted octanol–water partition coefficient (Wildman–Crippen LogP) is 4.76. The van der Waals surface area contributed by atoms with Gasteiger partial charge < -0.3 is 14.2 Å². The number of hydrazone groups is 1. The van der Waals surface area contributed by atoms with E-state index >= 15 is 0 Å². The molecular formula is C22H18N2O3S. The van der Waals surface area contributed by atoms with Gasteiger partial charge in [0.25, 0.3) is 0 Å². The summed E-state index contributed by atoms with van der Waals surface area (Å²) in [5, 5.41) is 9.19. The summed E-state index contributed by atoms with van der Waals surface area (Å²) in [4.78, 5) is 1.16. The van der Waals surface area contributed by atoms with Crippen LogP contribution in [0.2, 0.25) is 0 Å². The Labute approximate surface area is 166 Å². The first kappa shape index (κ1) is 16.0. The van der Waals surface area contributed by atoms with Crippen LogP contribution in [0.4, 0.5) is 0 Å². The van der Waals surface area contributed by atoms with Gasteiger partial charge in [-0.3, -0.25) is 0 Å². The number of thiophene rings is 1. The molecule has 3 aliphatic rings. The van der Waals surface area contributed by atoms with Gasteiger partial charge in [-0.05, 0) is 35.7 Å². The fraction of sp³-hybridized carbons (Fsp3) is 0.227. The minimum atomic E-state index is -0.199. The van der Waals surface area contributed by atoms with Crippen LogP contribution in [0.15, 0.2) is 65.1 Å². The van der Waals surface area contributed by atoms with Crippen LogP contribution in [0.5, 0.6) is 17.2 Å². The van der Waals surface area contributed by atoms with E-state index in [9.17, 15) is 0 Å². The molecule has 0 radical (unpaired) electrons. The van der Waals surface area contributed by atoms with E-state index < -0.39 is 0 Å². The second-order valence-electron chi connectivity index (χ2n) is 7.03. The van der Waals surface area contributed by atoms with Gasteiger partial charge in [0.1, 0.15) is 19.0 Å². The molecule has 6 rings (SSSR count). The van der Waals surface area contributed by atoms with Crippen molar-refractivity contribution in [3.8, 4) is 17.2 Å². The molecule has 0 fully saturated rings. The number of rotatable bonds is 2. The number of fused-ring (bicyclic) bond motifs is 4. The topological polar surface area (TPSA) is 43.3 Å². The monoisotopic (exact) mass is 390 g/mol. The number of para-hydroxylation sites is 1. The van der Waals surface area contributed by atoms with E-state index in [0.29, 0.717) is 13.2 Å². The number of hydrogen-bond donors (Lipinski definition) is 0. The van der Waals surface area contributed by atoms with E-state index in [4.69, 9.17) is 19.3 Å². The zero-order chi connectivity index (χ0) is 18.5. The maximum Gasteiger partial charge on any atom is 0.222 e. The quantitative estimate of drug-likeness (QED) is 0.633. The molecule has 3 aromatic rings. The third-order valence-corrected chi connectivity index (χ3v) is 6.26. The molecule has 5 nitrogen and oxygen atoms in total. The van der Waals surface area contributed by atoms with E-state index in [1.54, 1.807) is 11.3 Å². The molecule has 2 aromatic carbocycles. The molecule has 0 saturated heterocycles. The fourth-order valence-electron chi connectivity index (χ4n) is 4.05. The van der Waals surface area contributed by atoms with Crippen molar-refractivity contribution in [2.24, 2.45) is 5.10 Å². The summed E-state index contributed by atoms with van der Waals surface area (Å²) in [5.74, 6) is 2.54. The Morgan fingerprint density at radius 2 is 1.82 bits per heavy atom. The van der Waals surface area contributed by atoms with E-state index in [1.807, 2.05) is 18.2 Å². The Morgan fingerprint density at radius 3 is 2.71 bits per heavy atom. The molecule has 1 aromatic heterocycles. The summed E-state index contributed by atoms with van der Waals surface area (Å²) in [6.07, 6.45) is 0.636. The number of hydrogen-bond acceptors (Lipinski definition) is 6. The zero-order valence-electron chi connectivity index (χ0n) is 15.1. The van der Waals surface area contributed by atoms with Crippen LogP contribution in [0.3, 0.4) is 0 Å². The Hall–Kier alpha value is -2.99. The van der Waals surface area contributed by atoms with E-state index in [-0.39, 0.29) is 12.3 Å². The highest BCUT2D eigenvalue weighted by Gasteiger charge is 2.41. The van der Waals surface area contributed by atoms with Crippen LogP contribution in [-0.2, 0) is 0 Å². The minimum absolute atomic E-state index is 0.167. The van der Waals surface area contributed by atoms with Crippen LogP contribution in [0.1, 0.15) is 34.7 Å². The lowest BCUT2D eigenvalue weighted by molar-refractivity contribution is -0.0165. The maximum atomic E-state index is 6.35. The lowest BCUT2D eigenvalue weighted by atomic mass is 9.96. The van der Waals surface area contributed by atoms with Crippen molar-refractivity contribution in [2.45, 2.75) is 18.7 Å². The smallest absolute Gasteiger partial charge is 0.222 e. The second kappa shape index (κ2) is 6.27. The van der Waals surface area contributed by atoms with Crippen LogP contribution >= 0.6 is 11.3 Å². The SMILES string of the molecule is c1csc([C@H]2Oc3ccccc3[C@@H]3CC(c4ccc5c(c4)OCCO5)=NN23)c1. The van der Waals surface area contributed by atoms with Crippen molar-refractivity contribution in [1.82, 2.24) is 5.01 Å². The van der Waals surface area contributed by atoms with Gasteiger partial charge in [-0.15, -0.1) is 11.3 Å². The summed E-state index contributed by atoms with van der Waals surface area (Å²) in [7, 11) is 0. The van der Waals surface area contributed by atoms with Crippen LogP contribution in [-0.4, -0.2) is 23.9 Å². The van der Waals surface area contributed by atoms with Gasteiger partial charge in [0.2, 0.25) is 6.23 Å². The Bertz CT molecular complexity index is 1060. The Morgan fingerprint density at radius 1 is 0.929 bits per heavy atom. The van der Waals surface area contributed by atoms with Gasteiger partial charge in [-0.2, -0.15) is 5.10 Å². The van der Waals surface area contributed by atoms with Gasteiger partial charge in [0.05, 0.1) is 16.6 Å². The molecule has 0 spiro atoms. The molecule has 6 heteroatoms. The van der Waals surface area contributed by atoms with E-state index in [2.05, 4.69) is 46.8 Å². The lowest BCUT2D eigenvalue weighted by Gasteiger charge is -2.37. The molecule has 140 valence electrons. The number of nitrogens with zero attached hydrogens (tertiary/aromatic N) is 2. The third kappa shape index (κ3) is 2.48. The Kier molecular flexibility index (Phi) is 3.59. The average molecular weight is 390 g/mol. The fourth-order valence-corrected chi connectivity index (χ4v) is 4.79. The highest BCUT2D eigenvalue weighted by molar-refractivity contribution is 7.10. The van der Waals surface area contributed by atoms with Crippen molar-refractivity contribution in [1.29, 1.82) is 0 Å². The summed E-state index contributed by atoms with van der Waals surface area (Å²) in [6, 6.07) is 18.7. The second-order valence-corrected chi connectivity index (χ2v) is 8.01. The maximum absolute atomic E-state index is 6.35. The molecule has 3 aliphatic heterocycles. The molecule has 0 bridgehead atoms. The Balaban J connectivity index is 1.41. The summed E-state index contributed by atoms with van der Waals surface area (Å²) in [6.45, 7) is 1.18. The normalized spacial score (nSPS) is 22.1. The number of ether oxygens (including phenoxy) is 3. The molecule has 0 N–H and O–H groups in total. The lowest BCUT2D eigenvalue weighted by Crippen LogP contribution is -2.33. The van der Waals surface area contributed by atoms with Crippen molar-refractivity contribution in [2.75, 3.05) is 13.2 Å². The summed E-state index contributed by atoms with van der Waals surface area (Å²) in [5.41, 5.74) is 3.30. The van der Waals surface area contributed by atoms with Gasteiger partial charge >= 0.3 is 0 Å². The molecule has 0 aliphatic carbocycles. The first-order valence-electron chi connectivity index (χ1n) is 9.42. The zero-order valence-corrected chi connectivity index (χ0v) is 15.9. The van der Waals surface area contributed by atoms with Crippen LogP contribution < -0.4 is 14.2 Å². The largest absolute Gasteiger partial charge is 0.486 e. The first-order chi connectivity index (χ1) is 13.9. The highest BCUT2D eigenvalue weighted by atomic mass is 32.1. The first-order valence-corrected chi connectivity index (χ1v) is 10.3. The van der Waals surface area contributed by atoms with E-state index in [1.165, 1.54) is 5.56 Å². The summed E-state index contributed by atoms with van der Waals surface area (Å²) < 4.78 is 17.8. The summed E-state index contributed by atoms with van der Waals surface area (Å²) >= 11 is 1.70. The van der Waals surface area contributed by atoms with Gasteiger partial charge in [-0.1, -0.05) is 24.3 Å². The molecule has 0 amide bonds. The van der Waals surface area contributed by atoms with Gasteiger partial charge in [0.15, 0.2) is 11.5 Å². The standard InChI is InChI=1S/C22H18N2O3S/c1-2-5-18-15(4-1)17-13-16(14-7-8-19-20(12-14)26-10-9-25-19)23-24(17)22(27-18)21-6-3-11-28-21/h1-8,11-12,17,22H,9-10,13H2/t17-,22+/m0/s1. The molecule has 4 heterocycles. The molecular weight excluding hydrogens is 372 g/mol. The minimum Gasteiger partial charge on any atom is -0.486 e. The van der Waals surface area contributed by atoms with Crippen LogP contribution in [0.25, 0.3) is 0 Å². The molecule has 28 heavy (non-hydrogen) atoms.